The average molecular weight is 481 g/mol. The summed E-state index contributed by atoms with van der Waals surface area (Å²) in [5, 5.41) is 0. The fourth-order valence-electron chi connectivity index (χ4n) is 5.68. The SMILES string of the molecule is CCC1=C(C)c2nc1cc1[nH]c(nc3[nH]c(cc4nc(n2)C(C)=C4CC)c(CC)c3C)c(C)c1CC. The van der Waals surface area contributed by atoms with Crippen LogP contribution in [0.3, 0.4) is 0 Å². The van der Waals surface area contributed by atoms with Crippen molar-refractivity contribution in [1.82, 2.24) is 29.9 Å². The predicted molar refractivity (Wildman–Crippen MR) is 150 cm³/mol. The average Bonchev–Trinajstić information content (AvgIpc) is 3.51. The highest BCUT2D eigenvalue weighted by Crippen LogP contribution is 2.35. The molecule has 0 saturated carbocycles. The Morgan fingerprint density at radius 1 is 0.556 bits per heavy atom. The van der Waals surface area contributed by atoms with Crippen molar-refractivity contribution >= 4 is 44.6 Å². The lowest BCUT2D eigenvalue weighted by molar-refractivity contribution is 1.08. The minimum atomic E-state index is 0.762. The lowest BCUT2D eigenvalue weighted by Gasteiger charge is -2.00. The molecule has 0 aliphatic carbocycles. The van der Waals surface area contributed by atoms with E-state index in [2.05, 4.69) is 77.5 Å². The number of fused-ring (bicyclic) bond motifs is 8. The molecule has 0 saturated heterocycles. The summed E-state index contributed by atoms with van der Waals surface area (Å²) in [5.74, 6) is 1.52. The van der Waals surface area contributed by atoms with Crippen molar-refractivity contribution < 1.29 is 0 Å². The Labute approximate surface area is 213 Å². The van der Waals surface area contributed by atoms with E-state index in [1.165, 1.54) is 33.4 Å². The fraction of sp³-hybridized carbons (Fsp3) is 0.400. The monoisotopic (exact) mass is 480 g/mol. The molecule has 0 radical (unpaired) electrons. The van der Waals surface area contributed by atoms with E-state index in [9.17, 15) is 0 Å². The van der Waals surface area contributed by atoms with Crippen LogP contribution < -0.4 is 0 Å². The summed E-state index contributed by atoms with van der Waals surface area (Å²) in [6.07, 6.45) is 3.64. The second kappa shape index (κ2) is 9.16. The van der Waals surface area contributed by atoms with Gasteiger partial charge in [0.25, 0.3) is 0 Å². The molecule has 2 aliphatic heterocycles. The van der Waals surface area contributed by atoms with Crippen LogP contribution in [0.4, 0.5) is 0 Å². The lowest BCUT2D eigenvalue weighted by Crippen LogP contribution is -1.90. The second-order valence-electron chi connectivity index (χ2n) is 9.76. The largest absolute Gasteiger partial charge is 0.340 e. The van der Waals surface area contributed by atoms with Crippen LogP contribution in [0.25, 0.3) is 44.6 Å². The highest BCUT2D eigenvalue weighted by molar-refractivity contribution is 5.93. The van der Waals surface area contributed by atoms with E-state index in [0.717, 1.165) is 82.2 Å². The molecule has 0 amide bonds. The zero-order chi connectivity index (χ0) is 25.7. The number of aromatic nitrogens is 6. The van der Waals surface area contributed by atoms with Crippen molar-refractivity contribution in [3.05, 3.63) is 57.4 Å². The first kappa shape index (κ1) is 24.2. The minimum Gasteiger partial charge on any atom is -0.340 e. The first-order valence-electron chi connectivity index (χ1n) is 13.2. The summed E-state index contributed by atoms with van der Waals surface area (Å²) in [7, 11) is 0. The van der Waals surface area contributed by atoms with Crippen LogP contribution in [0.15, 0.2) is 12.1 Å². The summed E-state index contributed by atoms with van der Waals surface area (Å²) >= 11 is 0. The molecular weight excluding hydrogens is 444 g/mol. The zero-order valence-corrected chi connectivity index (χ0v) is 22.8. The van der Waals surface area contributed by atoms with Gasteiger partial charge < -0.3 is 9.97 Å². The normalized spacial score (nSPS) is 13.8. The number of allylic oxidation sites excluding steroid dienone is 4. The molecule has 186 valence electrons. The third-order valence-electron chi connectivity index (χ3n) is 7.83. The van der Waals surface area contributed by atoms with Crippen LogP contribution in [0, 0.1) is 13.8 Å². The molecule has 0 atom stereocenters. The molecular formula is C30H36N6. The van der Waals surface area contributed by atoms with Gasteiger partial charge in [-0.15, -0.1) is 0 Å². The number of nitrogens with one attached hydrogen (secondary N) is 2. The third kappa shape index (κ3) is 3.71. The van der Waals surface area contributed by atoms with Crippen LogP contribution in [-0.2, 0) is 12.8 Å². The molecule has 0 unspecified atom stereocenters. The quantitative estimate of drug-likeness (QED) is 0.404. The summed E-state index contributed by atoms with van der Waals surface area (Å²) in [6.45, 7) is 17.3. The lowest BCUT2D eigenvalue weighted by atomic mass is 10.0. The molecule has 3 aromatic heterocycles. The molecule has 36 heavy (non-hydrogen) atoms. The van der Waals surface area contributed by atoms with Gasteiger partial charge >= 0.3 is 0 Å². The van der Waals surface area contributed by atoms with Gasteiger partial charge in [-0.05, 0) is 110 Å². The van der Waals surface area contributed by atoms with Crippen LogP contribution in [-0.4, -0.2) is 29.9 Å². The van der Waals surface area contributed by atoms with Gasteiger partial charge in [-0.25, -0.2) is 19.9 Å². The van der Waals surface area contributed by atoms with E-state index < -0.39 is 0 Å². The summed E-state index contributed by atoms with van der Waals surface area (Å²) < 4.78 is 0. The Morgan fingerprint density at radius 2 is 0.972 bits per heavy atom. The Balaban J connectivity index is 2.00. The second-order valence-corrected chi connectivity index (χ2v) is 9.76. The van der Waals surface area contributed by atoms with Crippen molar-refractivity contribution in [2.75, 3.05) is 0 Å². The third-order valence-corrected chi connectivity index (χ3v) is 7.83. The Bertz CT molecular complexity index is 1490. The van der Waals surface area contributed by atoms with Crippen LogP contribution in [0.5, 0.6) is 0 Å². The first-order valence-corrected chi connectivity index (χ1v) is 13.2. The maximum atomic E-state index is 5.10. The standard InChI is InChI=1S/C30H36N6/c1-9-19-15(5)27-31-23(19)13-24-20(10-2)16(6)29(32-24)36-30-18(8)22(12-4)26(34-30)14-25-21(11-3)17(7)28(33-25)35-27/h13-14H,9-12H2,1-8H3,(H2,31,33,35). The van der Waals surface area contributed by atoms with E-state index in [1.807, 2.05) is 0 Å². The number of rotatable bonds is 4. The minimum absolute atomic E-state index is 0.762. The number of aryl methyl sites for hydroxylation is 4. The molecule has 2 aliphatic rings. The molecule has 6 nitrogen and oxygen atoms in total. The molecule has 5 heterocycles. The van der Waals surface area contributed by atoms with Crippen LogP contribution in [0.2, 0.25) is 0 Å². The number of aromatic amines is 2. The van der Waals surface area contributed by atoms with Gasteiger partial charge in [0.1, 0.15) is 11.3 Å². The highest BCUT2D eigenvalue weighted by atomic mass is 15.0. The summed E-state index contributed by atoms with van der Waals surface area (Å²) in [6, 6.07) is 4.35. The van der Waals surface area contributed by atoms with Crippen LogP contribution >= 0.6 is 0 Å². The van der Waals surface area contributed by atoms with E-state index >= 15 is 0 Å². The molecule has 0 fully saturated rings. The maximum Gasteiger partial charge on any atom is 0.158 e. The number of H-pyrrole nitrogens is 2. The van der Waals surface area contributed by atoms with Crippen molar-refractivity contribution in [1.29, 1.82) is 0 Å². The maximum absolute atomic E-state index is 5.10. The summed E-state index contributed by atoms with van der Waals surface area (Å²) in [5.41, 5.74) is 15.5. The van der Waals surface area contributed by atoms with Gasteiger partial charge in [0, 0.05) is 11.0 Å². The smallest absolute Gasteiger partial charge is 0.158 e. The molecule has 0 aromatic carbocycles. The van der Waals surface area contributed by atoms with Gasteiger partial charge in [-0.2, -0.15) is 0 Å². The molecule has 6 heteroatoms. The fourth-order valence-corrected chi connectivity index (χ4v) is 5.68. The van der Waals surface area contributed by atoms with Gasteiger partial charge in [-0.3, -0.25) is 0 Å². The van der Waals surface area contributed by atoms with Gasteiger partial charge in [0.15, 0.2) is 11.6 Å². The topological polar surface area (TPSA) is 83.1 Å². The van der Waals surface area contributed by atoms with Gasteiger partial charge in [0.05, 0.1) is 11.4 Å². The Kier molecular flexibility index (Phi) is 6.15. The molecule has 2 N–H and O–H groups in total. The highest BCUT2D eigenvalue weighted by Gasteiger charge is 2.21. The van der Waals surface area contributed by atoms with E-state index in [4.69, 9.17) is 19.9 Å². The van der Waals surface area contributed by atoms with E-state index in [-0.39, 0.29) is 0 Å². The molecule has 3 aromatic rings. The Hall–Kier alpha value is -3.54. The Morgan fingerprint density at radius 3 is 1.33 bits per heavy atom. The van der Waals surface area contributed by atoms with E-state index in [0.29, 0.717) is 0 Å². The number of hydrogen-bond donors (Lipinski definition) is 2. The van der Waals surface area contributed by atoms with Crippen molar-refractivity contribution in [3.8, 4) is 0 Å². The van der Waals surface area contributed by atoms with Crippen LogP contribution in [0.1, 0.15) is 99.7 Å². The van der Waals surface area contributed by atoms with Gasteiger partial charge in [-0.1, -0.05) is 27.7 Å². The number of nitrogens with zero attached hydrogens (tertiary/aromatic N) is 4. The zero-order valence-electron chi connectivity index (χ0n) is 22.8. The van der Waals surface area contributed by atoms with Crippen molar-refractivity contribution in [3.63, 3.8) is 0 Å². The van der Waals surface area contributed by atoms with Crippen molar-refractivity contribution in [2.45, 2.75) is 81.1 Å². The van der Waals surface area contributed by atoms with Crippen molar-refractivity contribution in [2.24, 2.45) is 0 Å². The van der Waals surface area contributed by atoms with Gasteiger partial charge in [0.2, 0.25) is 0 Å². The first-order chi connectivity index (χ1) is 17.3. The molecule has 8 bridgehead atoms. The predicted octanol–water partition coefficient (Wildman–Crippen LogP) is 7.53. The summed E-state index contributed by atoms with van der Waals surface area (Å²) in [4.78, 5) is 27.3. The molecule has 0 spiro atoms. The molecule has 5 rings (SSSR count). The number of hydrogen-bond acceptors (Lipinski definition) is 4. The van der Waals surface area contributed by atoms with E-state index in [1.54, 1.807) is 0 Å².